The summed E-state index contributed by atoms with van der Waals surface area (Å²) in [7, 11) is 0. The highest BCUT2D eigenvalue weighted by molar-refractivity contribution is 5.08. The lowest BCUT2D eigenvalue weighted by Crippen LogP contribution is -2.14. The second-order valence-electron chi connectivity index (χ2n) is 3.70. The topological polar surface area (TPSA) is 64.2 Å². The van der Waals surface area contributed by atoms with Crippen LogP contribution in [0.1, 0.15) is 32.5 Å². The van der Waals surface area contributed by atoms with Crippen molar-refractivity contribution in [2.75, 3.05) is 19.8 Å². The maximum atomic E-state index is 11.2. The van der Waals surface area contributed by atoms with Gasteiger partial charge in [-0.15, -0.1) is 0 Å². The molecule has 1 heterocycles. The quantitative estimate of drug-likeness (QED) is 0.700. The van der Waals surface area contributed by atoms with Crippen LogP contribution in [0.2, 0.25) is 0 Å². The van der Waals surface area contributed by atoms with Gasteiger partial charge in [0.15, 0.2) is 0 Å². The Morgan fingerprint density at radius 2 is 2.12 bits per heavy atom. The molecule has 0 aromatic carbocycles. The lowest BCUT2D eigenvalue weighted by atomic mass is 10.4. The Hall–Kier alpha value is -1.36. The molecule has 1 aromatic heterocycles. The van der Waals surface area contributed by atoms with Crippen LogP contribution in [0, 0.1) is 0 Å². The molecule has 0 aliphatic rings. The first-order valence-electron chi connectivity index (χ1n) is 6.07. The average molecular weight is 240 g/mol. The first-order valence-corrected chi connectivity index (χ1v) is 6.07. The van der Waals surface area contributed by atoms with Crippen LogP contribution in [0.5, 0.6) is 5.88 Å². The molecule has 5 nitrogen and oxygen atoms in total. The van der Waals surface area contributed by atoms with Crippen molar-refractivity contribution in [3.05, 3.63) is 22.2 Å². The lowest BCUT2D eigenvalue weighted by Gasteiger charge is -2.06. The zero-order valence-electron chi connectivity index (χ0n) is 10.5. The van der Waals surface area contributed by atoms with Gasteiger partial charge in [0.25, 0.3) is 5.56 Å². The molecule has 1 rings (SSSR count). The number of aryl methyl sites for hydroxylation is 1. The molecule has 0 fully saturated rings. The van der Waals surface area contributed by atoms with Crippen LogP contribution in [0.3, 0.4) is 0 Å². The number of nitrogens with zero attached hydrogens (tertiary/aromatic N) is 1. The van der Waals surface area contributed by atoms with Crippen LogP contribution in [-0.2, 0) is 11.2 Å². The van der Waals surface area contributed by atoms with Crippen LogP contribution in [0.4, 0.5) is 0 Å². The Kier molecular flexibility index (Phi) is 6.32. The number of rotatable bonds is 8. The van der Waals surface area contributed by atoms with Crippen molar-refractivity contribution in [3.8, 4) is 5.88 Å². The van der Waals surface area contributed by atoms with Crippen LogP contribution in [0.15, 0.2) is 10.9 Å². The van der Waals surface area contributed by atoms with Gasteiger partial charge in [-0.2, -0.15) is 0 Å². The third-order valence-electron chi connectivity index (χ3n) is 2.22. The van der Waals surface area contributed by atoms with Crippen molar-refractivity contribution in [2.45, 2.75) is 33.1 Å². The zero-order chi connectivity index (χ0) is 12.5. The summed E-state index contributed by atoms with van der Waals surface area (Å²) in [4.78, 5) is 18.0. The van der Waals surface area contributed by atoms with Gasteiger partial charge in [0.2, 0.25) is 5.88 Å². The number of nitrogens with one attached hydrogen (secondary N) is 1. The van der Waals surface area contributed by atoms with E-state index in [0.717, 1.165) is 19.4 Å². The second-order valence-corrected chi connectivity index (χ2v) is 3.70. The zero-order valence-corrected chi connectivity index (χ0v) is 10.5. The molecule has 5 heteroatoms. The molecule has 0 aliphatic carbocycles. The summed E-state index contributed by atoms with van der Waals surface area (Å²) in [5.74, 6) is 1.00. The number of aromatic nitrogens is 2. The molecule has 1 aromatic rings. The van der Waals surface area contributed by atoms with Gasteiger partial charge >= 0.3 is 0 Å². The fraction of sp³-hybridized carbons (Fsp3) is 0.667. The first kappa shape index (κ1) is 13.7. The number of ether oxygens (including phenoxy) is 2. The van der Waals surface area contributed by atoms with Crippen LogP contribution < -0.4 is 10.3 Å². The fourth-order valence-electron chi connectivity index (χ4n) is 1.28. The molecule has 17 heavy (non-hydrogen) atoms. The van der Waals surface area contributed by atoms with E-state index in [0.29, 0.717) is 31.3 Å². The number of hydrogen-bond donors (Lipinski definition) is 1. The Balaban J connectivity index is 2.31. The molecule has 0 bridgehead atoms. The predicted molar refractivity (Wildman–Crippen MR) is 65.5 cm³/mol. The normalized spacial score (nSPS) is 10.5. The molecule has 0 saturated heterocycles. The minimum absolute atomic E-state index is 0.182. The van der Waals surface area contributed by atoms with Crippen molar-refractivity contribution >= 4 is 0 Å². The van der Waals surface area contributed by atoms with Crippen LogP contribution >= 0.6 is 0 Å². The summed E-state index contributed by atoms with van der Waals surface area (Å²) in [6.45, 7) is 5.74. The van der Waals surface area contributed by atoms with E-state index < -0.39 is 0 Å². The molecule has 0 atom stereocenters. The Morgan fingerprint density at radius 1 is 1.29 bits per heavy atom. The van der Waals surface area contributed by atoms with Gasteiger partial charge in [0.05, 0.1) is 12.7 Å². The number of hydrogen-bond acceptors (Lipinski definition) is 4. The molecule has 0 radical (unpaired) electrons. The first-order chi connectivity index (χ1) is 8.26. The van der Waals surface area contributed by atoms with Crippen LogP contribution in [0.25, 0.3) is 0 Å². The Labute approximate surface area is 101 Å². The second kappa shape index (κ2) is 7.84. The van der Waals surface area contributed by atoms with Crippen molar-refractivity contribution in [2.24, 2.45) is 0 Å². The summed E-state index contributed by atoms with van der Waals surface area (Å²) >= 11 is 0. The fourth-order valence-corrected chi connectivity index (χ4v) is 1.28. The van der Waals surface area contributed by atoms with Gasteiger partial charge < -0.3 is 14.5 Å². The van der Waals surface area contributed by atoms with Gasteiger partial charge in [-0.25, -0.2) is 4.98 Å². The van der Waals surface area contributed by atoms with Crippen molar-refractivity contribution in [3.63, 3.8) is 0 Å². The van der Waals surface area contributed by atoms with E-state index in [2.05, 4.69) is 16.9 Å². The Bertz CT molecular complexity index is 376. The number of unbranched alkanes of at least 4 members (excludes halogenated alkanes) is 1. The van der Waals surface area contributed by atoms with E-state index in [-0.39, 0.29) is 5.56 Å². The third-order valence-corrected chi connectivity index (χ3v) is 2.22. The van der Waals surface area contributed by atoms with E-state index in [1.54, 1.807) is 0 Å². The van der Waals surface area contributed by atoms with Crippen molar-refractivity contribution < 1.29 is 9.47 Å². The standard InChI is InChI=1S/C12H20N2O3/c1-3-5-6-16-7-8-17-12-9-11(15)13-10(4-2)14-12/h9H,3-8H2,1-2H3,(H,13,14,15). The molecule has 96 valence electrons. The van der Waals surface area contributed by atoms with Crippen LogP contribution in [-0.4, -0.2) is 29.8 Å². The minimum atomic E-state index is -0.182. The third kappa shape index (κ3) is 5.49. The van der Waals surface area contributed by atoms with E-state index in [9.17, 15) is 4.79 Å². The minimum Gasteiger partial charge on any atom is -0.475 e. The summed E-state index contributed by atoms with van der Waals surface area (Å²) in [6, 6.07) is 1.35. The summed E-state index contributed by atoms with van der Waals surface area (Å²) in [5, 5.41) is 0. The molecule has 0 unspecified atom stereocenters. The molecule has 0 aliphatic heterocycles. The van der Waals surface area contributed by atoms with Gasteiger partial charge in [-0.3, -0.25) is 4.79 Å². The van der Waals surface area contributed by atoms with E-state index >= 15 is 0 Å². The maximum Gasteiger partial charge on any atom is 0.254 e. The molecule has 0 spiro atoms. The van der Waals surface area contributed by atoms with Crippen molar-refractivity contribution in [1.82, 2.24) is 9.97 Å². The SMILES string of the molecule is CCCCOCCOc1cc(=O)[nH]c(CC)n1. The molecular formula is C12H20N2O3. The highest BCUT2D eigenvalue weighted by Gasteiger charge is 2.00. The summed E-state index contributed by atoms with van der Waals surface area (Å²) in [5.41, 5.74) is -0.182. The lowest BCUT2D eigenvalue weighted by molar-refractivity contribution is 0.0963. The van der Waals surface area contributed by atoms with Gasteiger partial charge in [0, 0.05) is 13.0 Å². The molecule has 1 N–H and O–H groups in total. The monoisotopic (exact) mass is 240 g/mol. The molecule has 0 amide bonds. The van der Waals surface area contributed by atoms with E-state index in [1.807, 2.05) is 6.92 Å². The largest absolute Gasteiger partial charge is 0.475 e. The maximum absolute atomic E-state index is 11.2. The molecular weight excluding hydrogens is 220 g/mol. The Morgan fingerprint density at radius 3 is 2.82 bits per heavy atom. The highest BCUT2D eigenvalue weighted by Crippen LogP contribution is 2.02. The van der Waals surface area contributed by atoms with Crippen molar-refractivity contribution in [1.29, 1.82) is 0 Å². The number of aromatic amines is 1. The summed E-state index contributed by atoms with van der Waals surface area (Å²) < 4.78 is 10.7. The molecule has 0 saturated carbocycles. The highest BCUT2D eigenvalue weighted by atomic mass is 16.5. The van der Waals surface area contributed by atoms with Gasteiger partial charge in [-0.05, 0) is 6.42 Å². The summed E-state index contributed by atoms with van der Waals surface area (Å²) in [6.07, 6.45) is 2.86. The van der Waals surface area contributed by atoms with Gasteiger partial charge in [0.1, 0.15) is 12.4 Å². The average Bonchev–Trinajstić information content (AvgIpc) is 2.33. The van der Waals surface area contributed by atoms with Gasteiger partial charge in [-0.1, -0.05) is 20.3 Å². The smallest absolute Gasteiger partial charge is 0.254 e. The predicted octanol–water partition coefficient (Wildman–Crippen LogP) is 1.53. The van der Waals surface area contributed by atoms with E-state index in [1.165, 1.54) is 6.07 Å². The number of H-pyrrole nitrogens is 1. The van der Waals surface area contributed by atoms with E-state index in [4.69, 9.17) is 9.47 Å².